The Kier molecular flexibility index (Phi) is 4.72. The predicted molar refractivity (Wildman–Crippen MR) is 102 cm³/mol. The SMILES string of the molecule is CCc1cc(Sc2nnc(-c3ccoc3C)n2C)nc(-c2ccccn2)n1. The van der Waals surface area contributed by atoms with Crippen LogP contribution in [-0.2, 0) is 13.5 Å². The summed E-state index contributed by atoms with van der Waals surface area (Å²) in [5, 5.41) is 10.2. The Morgan fingerprint density at radius 2 is 2.04 bits per heavy atom. The molecule has 0 aliphatic rings. The van der Waals surface area contributed by atoms with Gasteiger partial charge in [0.2, 0.25) is 0 Å². The van der Waals surface area contributed by atoms with Crippen LogP contribution in [-0.4, -0.2) is 29.7 Å². The van der Waals surface area contributed by atoms with Gasteiger partial charge in [0.05, 0.1) is 11.8 Å². The van der Waals surface area contributed by atoms with Crippen LogP contribution in [0, 0.1) is 6.92 Å². The summed E-state index contributed by atoms with van der Waals surface area (Å²) < 4.78 is 7.32. The molecule has 7 nitrogen and oxygen atoms in total. The van der Waals surface area contributed by atoms with E-state index in [0.717, 1.165) is 45.1 Å². The highest BCUT2D eigenvalue weighted by molar-refractivity contribution is 7.99. The molecular weight excluding hydrogens is 360 g/mol. The van der Waals surface area contributed by atoms with Crippen molar-refractivity contribution < 1.29 is 4.42 Å². The molecule has 0 unspecified atom stereocenters. The van der Waals surface area contributed by atoms with Gasteiger partial charge in [0.25, 0.3) is 0 Å². The number of rotatable bonds is 5. The lowest BCUT2D eigenvalue weighted by Crippen LogP contribution is -1.99. The fourth-order valence-corrected chi connectivity index (χ4v) is 3.48. The van der Waals surface area contributed by atoms with Crippen molar-refractivity contribution in [2.24, 2.45) is 7.05 Å². The molecule has 4 aromatic heterocycles. The van der Waals surface area contributed by atoms with Gasteiger partial charge in [-0.2, -0.15) is 0 Å². The molecule has 4 heterocycles. The van der Waals surface area contributed by atoms with Crippen LogP contribution in [0.25, 0.3) is 22.9 Å². The fourth-order valence-electron chi connectivity index (χ4n) is 2.66. The van der Waals surface area contributed by atoms with Gasteiger partial charge in [-0.25, -0.2) is 9.97 Å². The zero-order valence-corrected chi connectivity index (χ0v) is 16.1. The number of aromatic nitrogens is 6. The van der Waals surface area contributed by atoms with Crippen molar-refractivity contribution in [2.45, 2.75) is 30.5 Å². The average molecular weight is 378 g/mol. The lowest BCUT2D eigenvalue weighted by molar-refractivity contribution is 0.534. The van der Waals surface area contributed by atoms with Gasteiger partial charge in [0.1, 0.15) is 16.5 Å². The van der Waals surface area contributed by atoms with Crippen LogP contribution in [0.4, 0.5) is 0 Å². The van der Waals surface area contributed by atoms with Crippen molar-refractivity contribution in [2.75, 3.05) is 0 Å². The topological polar surface area (TPSA) is 82.5 Å². The number of hydrogen-bond donors (Lipinski definition) is 0. The third-order valence-electron chi connectivity index (χ3n) is 4.14. The summed E-state index contributed by atoms with van der Waals surface area (Å²) in [5.41, 5.74) is 2.64. The summed E-state index contributed by atoms with van der Waals surface area (Å²) in [4.78, 5) is 13.6. The van der Waals surface area contributed by atoms with Gasteiger partial charge in [-0.3, -0.25) is 4.98 Å². The van der Waals surface area contributed by atoms with E-state index in [9.17, 15) is 0 Å². The first-order chi connectivity index (χ1) is 13.2. The molecule has 8 heteroatoms. The van der Waals surface area contributed by atoms with E-state index in [2.05, 4.69) is 32.1 Å². The maximum absolute atomic E-state index is 5.38. The molecular formula is C19H18N6OS. The number of hydrogen-bond acceptors (Lipinski definition) is 7. The lowest BCUT2D eigenvalue weighted by atomic mass is 10.2. The van der Waals surface area contributed by atoms with Crippen LogP contribution in [0.5, 0.6) is 0 Å². The first-order valence-corrected chi connectivity index (χ1v) is 9.38. The van der Waals surface area contributed by atoms with E-state index >= 15 is 0 Å². The third kappa shape index (κ3) is 3.48. The van der Waals surface area contributed by atoms with Crippen molar-refractivity contribution >= 4 is 11.8 Å². The van der Waals surface area contributed by atoms with Crippen LogP contribution in [0.15, 0.2) is 57.4 Å². The summed E-state index contributed by atoms with van der Waals surface area (Å²) in [6, 6.07) is 9.59. The quantitative estimate of drug-likeness (QED) is 0.486. The van der Waals surface area contributed by atoms with Crippen molar-refractivity contribution in [1.82, 2.24) is 29.7 Å². The highest BCUT2D eigenvalue weighted by atomic mass is 32.2. The van der Waals surface area contributed by atoms with Gasteiger partial charge in [-0.05, 0) is 49.4 Å². The van der Waals surface area contributed by atoms with Crippen LogP contribution in [0.2, 0.25) is 0 Å². The average Bonchev–Trinajstić information content (AvgIpc) is 3.28. The van der Waals surface area contributed by atoms with Gasteiger partial charge in [0.15, 0.2) is 16.8 Å². The summed E-state index contributed by atoms with van der Waals surface area (Å²) in [6.45, 7) is 3.98. The Hall–Kier alpha value is -3.00. The highest BCUT2D eigenvalue weighted by Gasteiger charge is 2.17. The Labute approximate surface area is 160 Å². The molecule has 4 aromatic rings. The molecule has 0 bridgehead atoms. The number of aryl methyl sites for hydroxylation is 2. The Balaban J connectivity index is 1.69. The molecule has 0 fully saturated rings. The van der Waals surface area contributed by atoms with Crippen molar-refractivity contribution in [3.63, 3.8) is 0 Å². The molecule has 0 spiro atoms. The predicted octanol–water partition coefficient (Wildman–Crippen LogP) is 3.95. The maximum Gasteiger partial charge on any atom is 0.197 e. The summed E-state index contributed by atoms with van der Waals surface area (Å²) in [5.74, 6) is 2.19. The third-order valence-corrected chi connectivity index (χ3v) is 5.10. The molecule has 0 N–H and O–H groups in total. The van der Waals surface area contributed by atoms with E-state index in [4.69, 9.17) is 4.42 Å². The minimum Gasteiger partial charge on any atom is -0.469 e. The zero-order chi connectivity index (χ0) is 18.8. The van der Waals surface area contributed by atoms with Gasteiger partial charge >= 0.3 is 0 Å². The van der Waals surface area contributed by atoms with Crippen molar-refractivity contribution in [3.8, 4) is 22.9 Å². The number of nitrogens with zero attached hydrogens (tertiary/aromatic N) is 6. The molecule has 0 saturated carbocycles. The molecule has 0 radical (unpaired) electrons. The van der Waals surface area contributed by atoms with Crippen LogP contribution in [0.3, 0.4) is 0 Å². The summed E-state index contributed by atoms with van der Waals surface area (Å²) in [7, 11) is 1.94. The molecule has 0 aromatic carbocycles. The van der Waals surface area contributed by atoms with Crippen LogP contribution >= 0.6 is 11.8 Å². The minimum absolute atomic E-state index is 0.616. The second-order valence-electron chi connectivity index (χ2n) is 5.95. The van der Waals surface area contributed by atoms with E-state index in [-0.39, 0.29) is 0 Å². The van der Waals surface area contributed by atoms with Gasteiger partial charge in [-0.1, -0.05) is 13.0 Å². The zero-order valence-electron chi connectivity index (χ0n) is 15.2. The highest BCUT2D eigenvalue weighted by Crippen LogP contribution is 2.30. The van der Waals surface area contributed by atoms with Crippen molar-refractivity contribution in [3.05, 3.63) is 54.2 Å². The molecule has 0 aliphatic heterocycles. The van der Waals surface area contributed by atoms with Crippen LogP contribution in [0.1, 0.15) is 18.4 Å². The van der Waals surface area contributed by atoms with Gasteiger partial charge < -0.3 is 8.98 Å². The van der Waals surface area contributed by atoms with E-state index in [0.29, 0.717) is 5.82 Å². The first-order valence-electron chi connectivity index (χ1n) is 8.56. The molecule has 0 atom stereocenters. The Bertz CT molecular complexity index is 1070. The number of furan rings is 1. The number of pyridine rings is 1. The van der Waals surface area contributed by atoms with E-state index in [1.807, 2.05) is 48.9 Å². The van der Waals surface area contributed by atoms with E-state index < -0.39 is 0 Å². The molecule has 0 amide bonds. The monoisotopic (exact) mass is 378 g/mol. The summed E-state index contributed by atoms with van der Waals surface area (Å²) in [6.07, 6.45) is 4.21. The van der Waals surface area contributed by atoms with Crippen LogP contribution < -0.4 is 0 Å². The second-order valence-corrected chi connectivity index (χ2v) is 6.93. The van der Waals surface area contributed by atoms with E-state index in [1.54, 1.807) is 12.5 Å². The van der Waals surface area contributed by atoms with Gasteiger partial charge in [-0.15, -0.1) is 10.2 Å². The standard InChI is InChI=1S/C19H18N6OS/c1-4-13-11-16(22-17(21-13)15-7-5-6-9-20-15)27-19-24-23-18(25(19)3)14-8-10-26-12(14)2/h5-11H,4H2,1-3H3. The fraction of sp³-hybridized carbons (Fsp3) is 0.211. The maximum atomic E-state index is 5.38. The largest absolute Gasteiger partial charge is 0.469 e. The smallest absolute Gasteiger partial charge is 0.197 e. The lowest BCUT2D eigenvalue weighted by Gasteiger charge is -2.07. The molecule has 136 valence electrons. The minimum atomic E-state index is 0.616. The first kappa shape index (κ1) is 17.4. The molecule has 27 heavy (non-hydrogen) atoms. The molecule has 4 rings (SSSR count). The van der Waals surface area contributed by atoms with Crippen molar-refractivity contribution in [1.29, 1.82) is 0 Å². The summed E-state index contributed by atoms with van der Waals surface area (Å²) >= 11 is 1.46. The van der Waals surface area contributed by atoms with E-state index in [1.165, 1.54) is 11.8 Å². The Morgan fingerprint density at radius 3 is 2.74 bits per heavy atom. The molecule has 0 saturated heterocycles. The molecule has 0 aliphatic carbocycles. The second kappa shape index (κ2) is 7.32. The Morgan fingerprint density at radius 1 is 1.15 bits per heavy atom. The normalized spacial score (nSPS) is 11.1. The van der Waals surface area contributed by atoms with Gasteiger partial charge in [0, 0.05) is 18.9 Å².